The molecule has 0 saturated carbocycles. The van der Waals surface area contributed by atoms with Gasteiger partial charge in [-0.3, -0.25) is 4.79 Å². The van der Waals surface area contributed by atoms with Crippen LogP contribution in [-0.4, -0.2) is 57.5 Å². The van der Waals surface area contributed by atoms with Gasteiger partial charge in [0.25, 0.3) is 0 Å². The molecule has 178 valence electrons. The number of carbonyl (C=O) groups is 1. The molecule has 0 fully saturated rings. The Bertz CT molecular complexity index is 1310. The van der Waals surface area contributed by atoms with Crippen LogP contribution in [-0.2, 0) is 11.2 Å². The summed E-state index contributed by atoms with van der Waals surface area (Å²) in [5, 5.41) is 12.6. The highest BCUT2D eigenvalue weighted by Gasteiger charge is 2.33. The molecule has 0 spiro atoms. The first kappa shape index (κ1) is 22.9. The lowest BCUT2D eigenvalue weighted by Crippen LogP contribution is -2.41. The van der Waals surface area contributed by atoms with Crippen LogP contribution >= 0.6 is 11.8 Å². The van der Waals surface area contributed by atoms with Crippen LogP contribution in [0.4, 0.5) is 0 Å². The maximum atomic E-state index is 13.6. The molecule has 8 nitrogen and oxygen atoms in total. The van der Waals surface area contributed by atoms with Crippen LogP contribution in [0.15, 0.2) is 78.0 Å². The number of methoxy groups -OCH3 is 2. The molecule has 0 saturated heterocycles. The van der Waals surface area contributed by atoms with E-state index in [0.717, 1.165) is 28.8 Å². The third-order valence-electron chi connectivity index (χ3n) is 6.08. The molecule has 5 rings (SSSR count). The predicted octanol–water partition coefficient (Wildman–Crippen LogP) is 3.95. The SMILES string of the molecule is COc1cc2c(cc1OC)[C@H](c1ccccc1)N(C(=O)CSc1nnnn1-c1ccccc1)CC2. The summed E-state index contributed by atoms with van der Waals surface area (Å²) >= 11 is 1.33. The van der Waals surface area contributed by atoms with Crippen molar-refractivity contribution in [2.45, 2.75) is 17.6 Å². The number of rotatable bonds is 7. The van der Waals surface area contributed by atoms with E-state index in [1.165, 1.54) is 11.8 Å². The number of ether oxygens (including phenoxy) is 2. The highest BCUT2D eigenvalue weighted by Crippen LogP contribution is 2.41. The van der Waals surface area contributed by atoms with Crippen molar-refractivity contribution < 1.29 is 14.3 Å². The summed E-state index contributed by atoms with van der Waals surface area (Å²) in [6.07, 6.45) is 0.733. The van der Waals surface area contributed by atoms with Gasteiger partial charge in [-0.15, -0.1) is 5.10 Å². The number of amides is 1. The Morgan fingerprint density at radius 2 is 1.69 bits per heavy atom. The molecule has 1 aromatic heterocycles. The van der Waals surface area contributed by atoms with E-state index < -0.39 is 0 Å². The Balaban J connectivity index is 1.43. The number of hydrogen-bond donors (Lipinski definition) is 0. The quantitative estimate of drug-likeness (QED) is 0.365. The van der Waals surface area contributed by atoms with E-state index in [9.17, 15) is 4.79 Å². The minimum Gasteiger partial charge on any atom is -0.493 e. The first-order valence-corrected chi connectivity index (χ1v) is 12.2. The van der Waals surface area contributed by atoms with Gasteiger partial charge in [0.2, 0.25) is 11.1 Å². The Kier molecular flexibility index (Phi) is 6.67. The lowest BCUT2D eigenvalue weighted by molar-refractivity contribution is -0.130. The summed E-state index contributed by atoms with van der Waals surface area (Å²) in [6.45, 7) is 0.602. The summed E-state index contributed by atoms with van der Waals surface area (Å²) in [7, 11) is 3.26. The molecule has 1 aliphatic rings. The van der Waals surface area contributed by atoms with E-state index in [1.807, 2.05) is 65.6 Å². The summed E-state index contributed by atoms with van der Waals surface area (Å²) < 4.78 is 12.7. The largest absolute Gasteiger partial charge is 0.493 e. The Morgan fingerprint density at radius 1 is 1.00 bits per heavy atom. The maximum Gasteiger partial charge on any atom is 0.233 e. The summed E-state index contributed by atoms with van der Waals surface area (Å²) in [5.41, 5.74) is 4.10. The zero-order valence-electron chi connectivity index (χ0n) is 19.5. The number of tetrazole rings is 1. The first-order valence-electron chi connectivity index (χ1n) is 11.3. The van der Waals surface area contributed by atoms with E-state index in [4.69, 9.17) is 9.47 Å². The molecule has 9 heteroatoms. The number of para-hydroxylation sites is 1. The number of benzene rings is 3. The van der Waals surface area contributed by atoms with Gasteiger partial charge in [0.15, 0.2) is 11.5 Å². The van der Waals surface area contributed by atoms with E-state index in [-0.39, 0.29) is 17.7 Å². The van der Waals surface area contributed by atoms with Crippen molar-refractivity contribution in [3.8, 4) is 17.2 Å². The molecule has 4 aromatic rings. The van der Waals surface area contributed by atoms with Crippen molar-refractivity contribution in [2.24, 2.45) is 0 Å². The van der Waals surface area contributed by atoms with E-state index in [1.54, 1.807) is 18.9 Å². The summed E-state index contributed by atoms with van der Waals surface area (Å²) in [5.74, 6) is 1.59. The highest BCUT2D eigenvalue weighted by atomic mass is 32.2. The monoisotopic (exact) mass is 487 g/mol. The molecule has 0 bridgehead atoms. The van der Waals surface area contributed by atoms with Gasteiger partial charge in [-0.25, -0.2) is 0 Å². The van der Waals surface area contributed by atoms with Gasteiger partial charge in [-0.1, -0.05) is 60.3 Å². The van der Waals surface area contributed by atoms with Crippen molar-refractivity contribution in [1.29, 1.82) is 0 Å². The zero-order chi connectivity index (χ0) is 24.2. The molecule has 1 amide bonds. The normalized spacial score (nSPS) is 14.9. The van der Waals surface area contributed by atoms with Gasteiger partial charge >= 0.3 is 0 Å². The Labute approximate surface area is 207 Å². The number of thioether (sulfide) groups is 1. The van der Waals surface area contributed by atoms with Gasteiger partial charge in [0, 0.05) is 6.54 Å². The van der Waals surface area contributed by atoms with E-state index in [2.05, 4.69) is 27.7 Å². The second kappa shape index (κ2) is 10.2. The standard InChI is InChI=1S/C26H25N5O3S/c1-33-22-15-19-13-14-30(25(18-9-5-3-6-10-18)21(19)16-23(22)34-2)24(32)17-35-26-27-28-29-31(26)20-11-7-4-8-12-20/h3-12,15-16,25H,13-14,17H2,1-2H3/t25-/m0/s1. The van der Waals surface area contributed by atoms with Crippen LogP contribution in [0.5, 0.6) is 11.5 Å². The number of carbonyl (C=O) groups excluding carboxylic acids is 1. The fourth-order valence-corrected chi connectivity index (χ4v) is 5.20. The van der Waals surface area contributed by atoms with Crippen LogP contribution in [0.3, 0.4) is 0 Å². The average Bonchev–Trinajstić information content (AvgIpc) is 3.40. The number of nitrogens with zero attached hydrogens (tertiary/aromatic N) is 5. The number of aromatic nitrogens is 4. The fourth-order valence-electron chi connectivity index (χ4n) is 4.42. The lowest BCUT2D eigenvalue weighted by atomic mass is 9.87. The molecule has 0 radical (unpaired) electrons. The highest BCUT2D eigenvalue weighted by molar-refractivity contribution is 7.99. The van der Waals surface area contributed by atoms with Crippen molar-refractivity contribution >= 4 is 17.7 Å². The van der Waals surface area contributed by atoms with Crippen LogP contribution < -0.4 is 9.47 Å². The van der Waals surface area contributed by atoms with Gasteiger partial charge in [-0.2, -0.15) is 4.68 Å². The molecule has 0 aliphatic carbocycles. The smallest absolute Gasteiger partial charge is 0.233 e. The van der Waals surface area contributed by atoms with Crippen LogP contribution in [0.1, 0.15) is 22.7 Å². The van der Waals surface area contributed by atoms with Crippen molar-refractivity contribution in [1.82, 2.24) is 25.1 Å². The van der Waals surface area contributed by atoms with Crippen LogP contribution in [0.25, 0.3) is 5.69 Å². The van der Waals surface area contributed by atoms with Gasteiger partial charge < -0.3 is 14.4 Å². The molecule has 2 heterocycles. The van der Waals surface area contributed by atoms with Crippen molar-refractivity contribution in [3.05, 3.63) is 89.5 Å². The van der Waals surface area contributed by atoms with Gasteiger partial charge in [0.05, 0.1) is 31.7 Å². The van der Waals surface area contributed by atoms with Crippen molar-refractivity contribution in [2.75, 3.05) is 26.5 Å². The molecule has 1 atom stereocenters. The number of fused-ring (bicyclic) bond motifs is 1. The molecule has 3 aromatic carbocycles. The number of hydrogen-bond acceptors (Lipinski definition) is 7. The van der Waals surface area contributed by atoms with Crippen molar-refractivity contribution in [3.63, 3.8) is 0 Å². The lowest BCUT2D eigenvalue weighted by Gasteiger charge is -2.38. The summed E-state index contributed by atoms with van der Waals surface area (Å²) in [6, 6.07) is 23.5. The minimum atomic E-state index is -0.224. The molecular formula is C26H25N5O3S. The minimum absolute atomic E-state index is 0.0203. The third kappa shape index (κ3) is 4.59. The fraction of sp³-hybridized carbons (Fsp3) is 0.231. The Hall–Kier alpha value is -3.85. The zero-order valence-corrected chi connectivity index (χ0v) is 20.3. The topological polar surface area (TPSA) is 82.4 Å². The average molecular weight is 488 g/mol. The summed E-state index contributed by atoms with van der Waals surface area (Å²) in [4.78, 5) is 15.5. The molecule has 0 N–H and O–H groups in total. The molecule has 0 unspecified atom stereocenters. The molecule has 1 aliphatic heterocycles. The van der Waals surface area contributed by atoms with E-state index >= 15 is 0 Å². The van der Waals surface area contributed by atoms with Crippen LogP contribution in [0.2, 0.25) is 0 Å². The predicted molar refractivity (Wildman–Crippen MR) is 133 cm³/mol. The Morgan fingerprint density at radius 3 is 2.40 bits per heavy atom. The second-order valence-electron chi connectivity index (χ2n) is 8.05. The van der Waals surface area contributed by atoms with Crippen LogP contribution in [0, 0.1) is 0 Å². The van der Waals surface area contributed by atoms with Gasteiger partial charge in [0.1, 0.15) is 0 Å². The van der Waals surface area contributed by atoms with Gasteiger partial charge in [-0.05, 0) is 57.8 Å². The maximum absolute atomic E-state index is 13.6. The second-order valence-corrected chi connectivity index (χ2v) is 9.00. The third-order valence-corrected chi connectivity index (χ3v) is 6.98. The molecular weight excluding hydrogens is 462 g/mol. The van der Waals surface area contributed by atoms with E-state index in [0.29, 0.717) is 23.2 Å². The first-order chi connectivity index (χ1) is 17.2. The molecule has 35 heavy (non-hydrogen) atoms.